The van der Waals surface area contributed by atoms with Gasteiger partial charge in [0.1, 0.15) is 5.75 Å². The van der Waals surface area contributed by atoms with E-state index in [9.17, 15) is 0 Å². The molecule has 2 rings (SSSR count). The molecule has 0 radical (unpaired) electrons. The Hall–Kier alpha value is -1.55. The first-order valence-corrected chi connectivity index (χ1v) is 6.97. The van der Waals surface area contributed by atoms with Crippen molar-refractivity contribution < 1.29 is 4.74 Å². The van der Waals surface area contributed by atoms with Gasteiger partial charge in [-0.15, -0.1) is 0 Å². The van der Waals surface area contributed by atoms with Crippen molar-refractivity contribution in [2.45, 2.75) is 26.7 Å². The summed E-state index contributed by atoms with van der Waals surface area (Å²) in [5, 5.41) is 0. The molecule has 0 amide bonds. The smallest absolute Gasteiger partial charge is 0.219 e. The summed E-state index contributed by atoms with van der Waals surface area (Å²) in [6, 6.07) is 9.59. The fourth-order valence-electron chi connectivity index (χ4n) is 1.78. The van der Waals surface area contributed by atoms with Crippen LogP contribution in [0.3, 0.4) is 0 Å². The maximum Gasteiger partial charge on any atom is 0.219 e. The number of aromatic nitrogens is 1. The van der Waals surface area contributed by atoms with Crippen LogP contribution >= 0.6 is 15.9 Å². The van der Waals surface area contributed by atoms with Crippen molar-refractivity contribution in [2.75, 3.05) is 5.73 Å². The van der Waals surface area contributed by atoms with Crippen LogP contribution in [0.5, 0.6) is 11.6 Å². The number of nitrogens with two attached hydrogens (primary N) is 1. The van der Waals surface area contributed by atoms with Crippen LogP contribution in [0.15, 0.2) is 34.8 Å². The molecule has 1 aromatic carbocycles. The number of ether oxygens (including phenoxy) is 1. The van der Waals surface area contributed by atoms with Crippen molar-refractivity contribution in [3.63, 3.8) is 0 Å². The van der Waals surface area contributed by atoms with E-state index in [4.69, 9.17) is 10.5 Å². The van der Waals surface area contributed by atoms with E-state index >= 15 is 0 Å². The summed E-state index contributed by atoms with van der Waals surface area (Å²) in [7, 11) is 0. The minimum atomic E-state index is 0.377. The Kier molecular flexibility index (Phi) is 4.10. The quantitative estimate of drug-likeness (QED) is 0.895. The third-order valence-electron chi connectivity index (χ3n) is 2.91. The third-order valence-corrected chi connectivity index (χ3v) is 3.40. The molecule has 2 aromatic rings. The second-order valence-corrected chi connectivity index (χ2v) is 5.68. The maximum absolute atomic E-state index is 5.87. The van der Waals surface area contributed by atoms with Crippen LogP contribution in [0.2, 0.25) is 0 Å². The zero-order valence-electron chi connectivity index (χ0n) is 11.3. The van der Waals surface area contributed by atoms with Gasteiger partial charge in [0, 0.05) is 10.5 Å². The Morgan fingerprint density at radius 2 is 1.95 bits per heavy atom. The van der Waals surface area contributed by atoms with E-state index in [1.807, 2.05) is 25.1 Å². The van der Waals surface area contributed by atoms with Crippen LogP contribution in [-0.2, 0) is 0 Å². The standard InChI is InChI=1S/C15H17BrN2O/c1-9(2)12-8-11(16)4-6-14(12)19-15-7-5-13(17)10(3)18-15/h4-9H,17H2,1-3H3. The topological polar surface area (TPSA) is 48.1 Å². The second-order valence-electron chi connectivity index (χ2n) is 4.76. The number of hydrogen-bond donors (Lipinski definition) is 1. The lowest BCUT2D eigenvalue weighted by Crippen LogP contribution is -1.98. The van der Waals surface area contributed by atoms with Crippen LogP contribution in [0.1, 0.15) is 31.0 Å². The molecule has 2 N–H and O–H groups in total. The van der Waals surface area contributed by atoms with Crippen molar-refractivity contribution in [1.82, 2.24) is 4.98 Å². The Labute approximate surface area is 121 Å². The van der Waals surface area contributed by atoms with Gasteiger partial charge in [0.15, 0.2) is 0 Å². The first-order valence-electron chi connectivity index (χ1n) is 6.18. The van der Waals surface area contributed by atoms with Crippen LogP contribution in [0, 0.1) is 6.92 Å². The van der Waals surface area contributed by atoms with Gasteiger partial charge in [-0.05, 0) is 42.7 Å². The number of pyridine rings is 1. The third kappa shape index (κ3) is 3.26. The first-order chi connectivity index (χ1) is 8.97. The lowest BCUT2D eigenvalue weighted by atomic mass is 10.0. The number of hydrogen-bond acceptors (Lipinski definition) is 3. The second kappa shape index (κ2) is 5.61. The summed E-state index contributed by atoms with van der Waals surface area (Å²) in [4.78, 5) is 4.33. The molecule has 0 saturated carbocycles. The van der Waals surface area contributed by atoms with Gasteiger partial charge in [-0.3, -0.25) is 0 Å². The van der Waals surface area contributed by atoms with E-state index in [0.717, 1.165) is 21.5 Å². The number of rotatable bonds is 3. The molecule has 19 heavy (non-hydrogen) atoms. The molecule has 1 aromatic heterocycles. The van der Waals surface area contributed by atoms with Crippen LogP contribution in [-0.4, -0.2) is 4.98 Å². The molecule has 0 spiro atoms. The highest BCUT2D eigenvalue weighted by molar-refractivity contribution is 9.10. The highest BCUT2D eigenvalue weighted by Crippen LogP contribution is 2.32. The van der Waals surface area contributed by atoms with Gasteiger partial charge in [0.05, 0.1) is 11.4 Å². The number of nitrogens with zero attached hydrogens (tertiary/aromatic N) is 1. The van der Waals surface area contributed by atoms with Gasteiger partial charge in [-0.2, -0.15) is 0 Å². The average Bonchev–Trinajstić information content (AvgIpc) is 2.36. The predicted molar refractivity (Wildman–Crippen MR) is 81.7 cm³/mol. The average molecular weight is 321 g/mol. The Morgan fingerprint density at radius 3 is 2.58 bits per heavy atom. The molecule has 100 valence electrons. The molecule has 0 aliphatic carbocycles. The number of anilines is 1. The van der Waals surface area contributed by atoms with Crippen LogP contribution in [0.25, 0.3) is 0 Å². The van der Waals surface area contributed by atoms with E-state index in [-0.39, 0.29) is 0 Å². The molecule has 3 nitrogen and oxygen atoms in total. The Bertz CT molecular complexity index is 597. The van der Waals surface area contributed by atoms with Gasteiger partial charge >= 0.3 is 0 Å². The van der Waals surface area contributed by atoms with Crippen molar-refractivity contribution in [1.29, 1.82) is 0 Å². The van der Waals surface area contributed by atoms with Crippen molar-refractivity contribution in [3.05, 3.63) is 46.1 Å². The molecule has 0 saturated heterocycles. The summed E-state index contributed by atoms with van der Waals surface area (Å²) in [5.41, 5.74) is 8.35. The van der Waals surface area contributed by atoms with Crippen molar-refractivity contribution in [2.24, 2.45) is 0 Å². The molecule has 4 heteroatoms. The lowest BCUT2D eigenvalue weighted by molar-refractivity contribution is 0.453. The van der Waals surface area contributed by atoms with Gasteiger partial charge < -0.3 is 10.5 Å². The minimum Gasteiger partial charge on any atom is -0.439 e. The van der Waals surface area contributed by atoms with E-state index in [1.165, 1.54) is 0 Å². The van der Waals surface area contributed by atoms with Gasteiger partial charge in [0.2, 0.25) is 5.88 Å². The predicted octanol–water partition coefficient (Wildman–Crippen LogP) is 4.65. The highest BCUT2D eigenvalue weighted by Gasteiger charge is 2.10. The van der Waals surface area contributed by atoms with E-state index in [1.54, 1.807) is 6.07 Å². The Balaban J connectivity index is 2.35. The maximum atomic E-state index is 5.87. The van der Waals surface area contributed by atoms with Crippen molar-refractivity contribution in [3.8, 4) is 11.6 Å². The molecule has 0 unspecified atom stereocenters. The normalized spacial score (nSPS) is 10.8. The fraction of sp³-hybridized carbons (Fsp3) is 0.267. The van der Waals surface area contributed by atoms with Crippen molar-refractivity contribution >= 4 is 21.6 Å². The molecule has 1 heterocycles. The Morgan fingerprint density at radius 1 is 1.21 bits per heavy atom. The summed E-state index contributed by atoms with van der Waals surface area (Å²) >= 11 is 3.48. The van der Waals surface area contributed by atoms with Crippen LogP contribution in [0.4, 0.5) is 5.69 Å². The molecule has 0 bridgehead atoms. The number of halogens is 1. The SMILES string of the molecule is Cc1nc(Oc2ccc(Br)cc2C(C)C)ccc1N. The molecule has 0 aliphatic heterocycles. The van der Waals surface area contributed by atoms with E-state index in [0.29, 0.717) is 17.5 Å². The number of nitrogen functional groups attached to an aromatic ring is 1. The first kappa shape index (κ1) is 13.9. The van der Waals surface area contributed by atoms with E-state index in [2.05, 4.69) is 40.8 Å². The monoisotopic (exact) mass is 320 g/mol. The zero-order valence-corrected chi connectivity index (χ0v) is 12.9. The van der Waals surface area contributed by atoms with E-state index < -0.39 is 0 Å². The summed E-state index contributed by atoms with van der Waals surface area (Å²) in [6.45, 7) is 6.14. The number of aryl methyl sites for hydroxylation is 1. The summed E-state index contributed by atoms with van der Waals surface area (Å²) < 4.78 is 6.92. The van der Waals surface area contributed by atoms with Gasteiger partial charge in [-0.1, -0.05) is 29.8 Å². The van der Waals surface area contributed by atoms with Gasteiger partial charge in [-0.25, -0.2) is 4.98 Å². The zero-order chi connectivity index (χ0) is 14.0. The summed E-state index contributed by atoms with van der Waals surface area (Å²) in [5.74, 6) is 1.77. The minimum absolute atomic E-state index is 0.377. The van der Waals surface area contributed by atoms with Crippen LogP contribution < -0.4 is 10.5 Å². The summed E-state index contributed by atoms with van der Waals surface area (Å²) in [6.07, 6.45) is 0. The number of benzene rings is 1. The highest BCUT2D eigenvalue weighted by atomic mass is 79.9. The molecular formula is C15H17BrN2O. The fourth-order valence-corrected chi connectivity index (χ4v) is 2.16. The molecule has 0 aliphatic rings. The lowest BCUT2D eigenvalue weighted by Gasteiger charge is -2.14. The van der Waals surface area contributed by atoms with Gasteiger partial charge in [0.25, 0.3) is 0 Å². The molecule has 0 atom stereocenters. The molecular weight excluding hydrogens is 304 g/mol. The molecule has 0 fully saturated rings. The largest absolute Gasteiger partial charge is 0.439 e.